The third kappa shape index (κ3) is 3.52. The number of ether oxygens (including phenoxy) is 1. The predicted octanol–water partition coefficient (Wildman–Crippen LogP) is 2.99. The lowest BCUT2D eigenvalue weighted by Crippen LogP contribution is -2.04. The average molecular weight is 256 g/mol. The zero-order valence-corrected chi connectivity index (χ0v) is 9.75. The molecule has 0 bridgehead atoms. The zero-order chi connectivity index (χ0) is 10.6. The summed E-state index contributed by atoms with van der Waals surface area (Å²) in [5.41, 5.74) is 6.83. The first kappa shape index (κ1) is 11.3. The van der Waals surface area contributed by atoms with Crippen molar-refractivity contribution in [2.24, 2.45) is 5.73 Å². The largest absolute Gasteiger partial charge is 0.488 e. The minimum Gasteiger partial charge on any atom is -0.488 e. The summed E-state index contributed by atoms with van der Waals surface area (Å²) < 4.78 is 6.24. The molecule has 0 aliphatic rings. The Morgan fingerprint density at radius 2 is 2.07 bits per heavy atom. The standard InChI is InChI=1S/C11H14BrNO/c1-8(12)7-14-11-5-3-10(4-6-11)9(2)13/h3-6,9H,1,7,13H2,2H3. The number of benzene rings is 1. The summed E-state index contributed by atoms with van der Waals surface area (Å²) in [6.45, 7) is 6.13. The van der Waals surface area contributed by atoms with Crippen LogP contribution in [0, 0.1) is 0 Å². The van der Waals surface area contributed by atoms with Gasteiger partial charge in [0.05, 0.1) is 0 Å². The Labute approximate surface area is 92.9 Å². The Kier molecular flexibility index (Phi) is 4.17. The van der Waals surface area contributed by atoms with Gasteiger partial charge in [-0.2, -0.15) is 0 Å². The maximum atomic E-state index is 5.72. The van der Waals surface area contributed by atoms with E-state index in [1.54, 1.807) is 0 Å². The molecule has 76 valence electrons. The number of hydrogen-bond acceptors (Lipinski definition) is 2. The molecule has 2 nitrogen and oxygen atoms in total. The van der Waals surface area contributed by atoms with Gasteiger partial charge < -0.3 is 10.5 Å². The van der Waals surface area contributed by atoms with Gasteiger partial charge in [-0.05, 0) is 24.6 Å². The molecule has 0 spiro atoms. The highest BCUT2D eigenvalue weighted by atomic mass is 79.9. The van der Waals surface area contributed by atoms with Gasteiger partial charge in [-0.15, -0.1) is 0 Å². The van der Waals surface area contributed by atoms with Crippen LogP contribution in [0.1, 0.15) is 18.5 Å². The van der Waals surface area contributed by atoms with Gasteiger partial charge in [0, 0.05) is 10.5 Å². The van der Waals surface area contributed by atoms with Gasteiger partial charge in [-0.3, -0.25) is 0 Å². The summed E-state index contributed by atoms with van der Waals surface area (Å²) in [4.78, 5) is 0. The van der Waals surface area contributed by atoms with Gasteiger partial charge in [0.1, 0.15) is 12.4 Å². The lowest BCUT2D eigenvalue weighted by molar-refractivity contribution is 0.361. The van der Waals surface area contributed by atoms with Crippen LogP contribution < -0.4 is 10.5 Å². The first-order chi connectivity index (χ1) is 6.59. The topological polar surface area (TPSA) is 35.2 Å². The van der Waals surface area contributed by atoms with Crippen molar-refractivity contribution >= 4 is 15.9 Å². The van der Waals surface area contributed by atoms with E-state index in [1.165, 1.54) is 0 Å². The molecule has 0 radical (unpaired) electrons. The summed E-state index contributed by atoms with van der Waals surface area (Å²) in [6.07, 6.45) is 0. The molecule has 3 heteroatoms. The summed E-state index contributed by atoms with van der Waals surface area (Å²) in [6, 6.07) is 7.83. The monoisotopic (exact) mass is 255 g/mol. The smallest absolute Gasteiger partial charge is 0.119 e. The second-order valence-corrected chi connectivity index (χ2v) is 4.29. The molecule has 0 aliphatic carbocycles. The average Bonchev–Trinajstić information content (AvgIpc) is 2.15. The van der Waals surface area contributed by atoms with E-state index < -0.39 is 0 Å². The predicted molar refractivity (Wildman–Crippen MR) is 62.6 cm³/mol. The molecule has 0 aliphatic heterocycles. The van der Waals surface area contributed by atoms with Crippen LogP contribution in [0.5, 0.6) is 5.75 Å². The SMILES string of the molecule is C=C(Br)COc1ccc(C(C)N)cc1. The number of nitrogens with two attached hydrogens (primary N) is 1. The van der Waals surface area contributed by atoms with Gasteiger partial charge in [0.2, 0.25) is 0 Å². The van der Waals surface area contributed by atoms with Crippen molar-refractivity contribution in [1.29, 1.82) is 0 Å². The van der Waals surface area contributed by atoms with Gasteiger partial charge in [-0.1, -0.05) is 34.6 Å². The normalized spacial score (nSPS) is 12.2. The fourth-order valence-corrected chi connectivity index (χ4v) is 1.14. The van der Waals surface area contributed by atoms with E-state index in [1.807, 2.05) is 31.2 Å². The fourth-order valence-electron chi connectivity index (χ4n) is 1.03. The Morgan fingerprint density at radius 3 is 2.50 bits per heavy atom. The molecule has 14 heavy (non-hydrogen) atoms. The van der Waals surface area contributed by atoms with Crippen LogP contribution in [0.15, 0.2) is 35.3 Å². The van der Waals surface area contributed by atoms with Crippen LogP contribution in [0.4, 0.5) is 0 Å². The summed E-state index contributed by atoms with van der Waals surface area (Å²) >= 11 is 3.23. The van der Waals surface area contributed by atoms with E-state index in [-0.39, 0.29) is 6.04 Å². The second-order valence-electron chi connectivity index (χ2n) is 3.16. The number of rotatable bonds is 4. The summed E-state index contributed by atoms with van der Waals surface area (Å²) in [7, 11) is 0. The van der Waals surface area contributed by atoms with Crippen LogP contribution >= 0.6 is 15.9 Å². The fraction of sp³-hybridized carbons (Fsp3) is 0.273. The molecule has 1 unspecified atom stereocenters. The van der Waals surface area contributed by atoms with Gasteiger partial charge >= 0.3 is 0 Å². The molecule has 1 atom stereocenters. The minimum atomic E-state index is 0.0650. The summed E-state index contributed by atoms with van der Waals surface area (Å²) in [5.74, 6) is 0.829. The molecule has 0 aromatic heterocycles. The Hall–Kier alpha value is -0.800. The van der Waals surface area contributed by atoms with E-state index in [0.29, 0.717) is 6.61 Å². The van der Waals surface area contributed by atoms with Crippen molar-refractivity contribution in [3.8, 4) is 5.75 Å². The highest BCUT2D eigenvalue weighted by Crippen LogP contribution is 2.16. The molecular formula is C11H14BrNO. The molecule has 0 heterocycles. The second kappa shape index (κ2) is 5.17. The molecule has 2 N–H and O–H groups in total. The van der Waals surface area contributed by atoms with Crippen LogP contribution in [0.25, 0.3) is 0 Å². The van der Waals surface area contributed by atoms with Crippen molar-refractivity contribution in [2.75, 3.05) is 6.61 Å². The molecule has 0 fully saturated rings. The molecule has 0 saturated heterocycles. The Balaban J connectivity index is 2.59. The van der Waals surface area contributed by atoms with Crippen molar-refractivity contribution in [3.63, 3.8) is 0 Å². The molecular weight excluding hydrogens is 242 g/mol. The van der Waals surface area contributed by atoms with Crippen LogP contribution in [0.3, 0.4) is 0 Å². The third-order valence-corrected chi connectivity index (χ3v) is 2.03. The lowest BCUT2D eigenvalue weighted by atomic mass is 10.1. The summed E-state index contributed by atoms with van der Waals surface area (Å²) in [5, 5.41) is 0. The van der Waals surface area contributed by atoms with Gasteiger partial charge in [0.25, 0.3) is 0 Å². The minimum absolute atomic E-state index is 0.0650. The first-order valence-corrected chi connectivity index (χ1v) is 5.20. The highest BCUT2D eigenvalue weighted by Gasteiger charge is 1.99. The van der Waals surface area contributed by atoms with Crippen molar-refractivity contribution < 1.29 is 4.74 Å². The van der Waals surface area contributed by atoms with E-state index >= 15 is 0 Å². The Morgan fingerprint density at radius 1 is 1.50 bits per heavy atom. The number of hydrogen-bond donors (Lipinski definition) is 1. The van der Waals surface area contributed by atoms with E-state index in [2.05, 4.69) is 22.5 Å². The quantitative estimate of drug-likeness (QED) is 0.898. The van der Waals surface area contributed by atoms with Gasteiger partial charge in [0.15, 0.2) is 0 Å². The van der Waals surface area contributed by atoms with Crippen molar-refractivity contribution in [3.05, 3.63) is 40.9 Å². The lowest BCUT2D eigenvalue weighted by Gasteiger charge is -2.08. The van der Waals surface area contributed by atoms with E-state index in [4.69, 9.17) is 10.5 Å². The molecule has 1 aromatic rings. The number of halogens is 1. The Bertz CT molecular complexity index is 306. The van der Waals surface area contributed by atoms with Gasteiger partial charge in [-0.25, -0.2) is 0 Å². The maximum absolute atomic E-state index is 5.72. The molecule has 1 aromatic carbocycles. The van der Waals surface area contributed by atoms with E-state index in [9.17, 15) is 0 Å². The van der Waals surface area contributed by atoms with Crippen LogP contribution in [-0.2, 0) is 0 Å². The highest BCUT2D eigenvalue weighted by molar-refractivity contribution is 9.11. The van der Waals surface area contributed by atoms with Crippen molar-refractivity contribution in [1.82, 2.24) is 0 Å². The molecule has 0 saturated carbocycles. The van der Waals surface area contributed by atoms with Crippen LogP contribution in [0.2, 0.25) is 0 Å². The molecule has 1 rings (SSSR count). The van der Waals surface area contributed by atoms with Crippen LogP contribution in [-0.4, -0.2) is 6.61 Å². The van der Waals surface area contributed by atoms with Crippen molar-refractivity contribution in [2.45, 2.75) is 13.0 Å². The maximum Gasteiger partial charge on any atom is 0.119 e. The zero-order valence-electron chi connectivity index (χ0n) is 8.16. The molecule has 0 amide bonds. The first-order valence-electron chi connectivity index (χ1n) is 4.41. The third-order valence-electron chi connectivity index (χ3n) is 1.80. The van der Waals surface area contributed by atoms with E-state index in [0.717, 1.165) is 15.8 Å².